The Morgan fingerprint density at radius 1 is 1.04 bits per heavy atom. The smallest absolute Gasteiger partial charge is 0.276 e. The van der Waals surface area contributed by atoms with Crippen LogP contribution in [-0.4, -0.2) is 64.9 Å². The topological polar surface area (TPSA) is 78.7 Å². The Morgan fingerprint density at radius 3 is 2.54 bits per heavy atom. The van der Waals surface area contributed by atoms with Crippen LogP contribution in [0.5, 0.6) is 0 Å². The number of likely N-dealkylation sites (tertiary alicyclic amines) is 2. The van der Waals surface area contributed by atoms with Crippen molar-refractivity contribution in [3.05, 3.63) is 17.8 Å². The molecule has 4 aliphatic rings. The van der Waals surface area contributed by atoms with Gasteiger partial charge in [-0.25, -0.2) is 4.98 Å². The van der Waals surface area contributed by atoms with Crippen LogP contribution >= 0.6 is 0 Å². The van der Waals surface area contributed by atoms with E-state index in [0.717, 1.165) is 83.3 Å². The lowest BCUT2D eigenvalue weighted by Crippen LogP contribution is -2.51. The Hall–Kier alpha value is -1.89. The van der Waals surface area contributed by atoms with Crippen molar-refractivity contribution in [2.45, 2.75) is 69.4 Å². The van der Waals surface area contributed by atoms with Gasteiger partial charge in [-0.3, -0.25) is 14.5 Å². The van der Waals surface area contributed by atoms with Crippen molar-refractivity contribution in [3.8, 4) is 0 Å². The van der Waals surface area contributed by atoms with Gasteiger partial charge in [-0.05, 0) is 57.9 Å². The summed E-state index contributed by atoms with van der Waals surface area (Å²) in [7, 11) is 0. The van der Waals surface area contributed by atoms with Gasteiger partial charge in [0.15, 0.2) is 12.1 Å². The molecule has 1 N–H and O–H groups in total. The summed E-state index contributed by atoms with van der Waals surface area (Å²) in [5, 5.41) is 3.17. The third kappa shape index (κ3) is 3.81. The zero-order valence-electron chi connectivity index (χ0n) is 16.4. The minimum atomic E-state index is 0.0226. The van der Waals surface area contributed by atoms with Gasteiger partial charge in [0.2, 0.25) is 5.91 Å². The molecule has 7 heteroatoms. The molecule has 2 saturated heterocycles. The number of nitrogens with zero attached hydrogens (tertiary/aromatic N) is 3. The molecule has 3 heterocycles. The number of amides is 2. The standard InChI is InChI=1S/C21H30N4O3/c26-20(23-16-5-6-16)15-2-1-9-25(12-15)17-7-10-24(11-8-17)21(27)18-19(14-3-4-14)28-13-22-18/h13-17H,1-12H2,(H,23,26)/t15-/m1/s1. The molecule has 2 amide bonds. The largest absolute Gasteiger partial charge is 0.447 e. The number of carbonyl (C=O) groups excluding carboxylic acids is 2. The van der Waals surface area contributed by atoms with E-state index >= 15 is 0 Å². The van der Waals surface area contributed by atoms with Crippen LogP contribution in [-0.2, 0) is 4.79 Å². The Kier molecular flexibility index (Phi) is 4.87. The lowest BCUT2D eigenvalue weighted by atomic mass is 9.93. The summed E-state index contributed by atoms with van der Waals surface area (Å²) in [5.41, 5.74) is 0.524. The zero-order chi connectivity index (χ0) is 19.1. The summed E-state index contributed by atoms with van der Waals surface area (Å²) >= 11 is 0. The second kappa shape index (κ2) is 7.50. The van der Waals surface area contributed by atoms with Crippen molar-refractivity contribution in [3.63, 3.8) is 0 Å². The first-order valence-electron chi connectivity index (χ1n) is 11.0. The van der Waals surface area contributed by atoms with E-state index in [-0.39, 0.29) is 17.7 Å². The zero-order valence-corrected chi connectivity index (χ0v) is 16.4. The predicted molar refractivity (Wildman–Crippen MR) is 103 cm³/mol. The summed E-state index contributed by atoms with van der Waals surface area (Å²) in [6.45, 7) is 3.46. The summed E-state index contributed by atoms with van der Waals surface area (Å²) in [6, 6.07) is 0.912. The predicted octanol–water partition coefficient (Wildman–Crippen LogP) is 2.15. The van der Waals surface area contributed by atoms with Gasteiger partial charge in [0.25, 0.3) is 5.91 Å². The molecule has 0 aromatic carbocycles. The number of hydrogen-bond acceptors (Lipinski definition) is 5. The summed E-state index contributed by atoms with van der Waals surface area (Å²) < 4.78 is 5.48. The lowest BCUT2D eigenvalue weighted by molar-refractivity contribution is -0.127. The lowest BCUT2D eigenvalue weighted by Gasteiger charge is -2.42. The molecule has 0 radical (unpaired) electrons. The quantitative estimate of drug-likeness (QED) is 0.839. The van der Waals surface area contributed by atoms with Gasteiger partial charge in [-0.1, -0.05) is 0 Å². The highest BCUT2D eigenvalue weighted by Crippen LogP contribution is 2.41. The Balaban J connectivity index is 1.15. The number of aromatic nitrogens is 1. The molecular weight excluding hydrogens is 356 g/mol. The highest BCUT2D eigenvalue weighted by Gasteiger charge is 2.37. The van der Waals surface area contributed by atoms with Crippen molar-refractivity contribution >= 4 is 11.8 Å². The first-order valence-corrected chi connectivity index (χ1v) is 11.0. The number of oxazole rings is 1. The maximum absolute atomic E-state index is 12.9. The number of carbonyl (C=O) groups is 2. The highest BCUT2D eigenvalue weighted by molar-refractivity contribution is 5.93. The highest BCUT2D eigenvalue weighted by atomic mass is 16.3. The first-order chi connectivity index (χ1) is 13.7. The number of nitrogens with one attached hydrogen (secondary N) is 1. The van der Waals surface area contributed by atoms with E-state index in [9.17, 15) is 9.59 Å². The van der Waals surface area contributed by atoms with Crippen molar-refractivity contribution < 1.29 is 14.0 Å². The first kappa shape index (κ1) is 18.2. The molecule has 2 saturated carbocycles. The third-order valence-corrected chi connectivity index (χ3v) is 6.76. The van der Waals surface area contributed by atoms with Gasteiger partial charge >= 0.3 is 0 Å². The molecular formula is C21H30N4O3. The van der Waals surface area contributed by atoms with Crippen LogP contribution in [0.15, 0.2) is 10.8 Å². The van der Waals surface area contributed by atoms with Gasteiger partial charge in [0.05, 0.1) is 5.92 Å². The second-order valence-corrected chi connectivity index (χ2v) is 8.98. The molecule has 5 rings (SSSR count). The van der Waals surface area contributed by atoms with Crippen LogP contribution in [0.4, 0.5) is 0 Å². The SMILES string of the molecule is O=C(NC1CC1)[C@@H]1CCCN(C2CCN(C(=O)c3ncoc3C3CC3)CC2)C1. The fraction of sp³-hybridized carbons (Fsp3) is 0.762. The average molecular weight is 386 g/mol. The summed E-state index contributed by atoms with van der Waals surface area (Å²) in [4.78, 5) is 34.0. The van der Waals surface area contributed by atoms with Crippen molar-refractivity contribution in [1.29, 1.82) is 0 Å². The Morgan fingerprint density at radius 2 is 1.82 bits per heavy atom. The molecule has 1 aromatic heterocycles. The fourth-order valence-corrected chi connectivity index (χ4v) is 4.73. The van der Waals surface area contributed by atoms with Crippen LogP contribution in [0, 0.1) is 5.92 Å². The van der Waals surface area contributed by atoms with Gasteiger partial charge < -0.3 is 14.6 Å². The van der Waals surface area contributed by atoms with Crippen LogP contribution in [0.2, 0.25) is 0 Å². The normalized spacial score (nSPS) is 27.0. The number of rotatable bonds is 5. The maximum atomic E-state index is 12.9. The molecule has 2 aliphatic carbocycles. The molecule has 0 spiro atoms. The Bertz CT molecular complexity index is 732. The van der Waals surface area contributed by atoms with E-state index in [0.29, 0.717) is 23.7 Å². The fourth-order valence-electron chi connectivity index (χ4n) is 4.73. The number of piperidine rings is 2. The van der Waals surface area contributed by atoms with E-state index in [2.05, 4.69) is 15.2 Å². The van der Waals surface area contributed by atoms with Crippen LogP contribution < -0.4 is 5.32 Å². The molecule has 28 heavy (non-hydrogen) atoms. The molecule has 152 valence electrons. The average Bonchev–Trinajstić information content (AvgIpc) is 3.68. The minimum Gasteiger partial charge on any atom is -0.447 e. The molecule has 7 nitrogen and oxygen atoms in total. The van der Waals surface area contributed by atoms with Crippen LogP contribution in [0.25, 0.3) is 0 Å². The second-order valence-electron chi connectivity index (χ2n) is 8.98. The van der Waals surface area contributed by atoms with Gasteiger partial charge in [-0.2, -0.15) is 0 Å². The Labute approximate surface area is 165 Å². The summed E-state index contributed by atoms with van der Waals surface area (Å²) in [6.07, 6.45) is 9.93. The molecule has 1 atom stereocenters. The van der Waals surface area contributed by atoms with Crippen LogP contribution in [0.3, 0.4) is 0 Å². The van der Waals surface area contributed by atoms with Crippen molar-refractivity contribution in [2.75, 3.05) is 26.2 Å². The van der Waals surface area contributed by atoms with Gasteiger partial charge in [-0.15, -0.1) is 0 Å². The molecule has 4 fully saturated rings. The summed E-state index contributed by atoms with van der Waals surface area (Å²) in [5.74, 6) is 1.58. The van der Waals surface area contributed by atoms with E-state index in [1.54, 1.807) is 0 Å². The van der Waals surface area contributed by atoms with Gasteiger partial charge in [0, 0.05) is 37.6 Å². The third-order valence-electron chi connectivity index (χ3n) is 6.76. The van der Waals surface area contributed by atoms with Crippen LogP contribution in [0.1, 0.15) is 73.5 Å². The monoisotopic (exact) mass is 386 g/mol. The van der Waals surface area contributed by atoms with Gasteiger partial charge in [0.1, 0.15) is 5.76 Å². The van der Waals surface area contributed by atoms with E-state index in [4.69, 9.17) is 4.42 Å². The van der Waals surface area contributed by atoms with E-state index in [1.807, 2.05) is 4.90 Å². The van der Waals surface area contributed by atoms with Crippen molar-refractivity contribution in [2.24, 2.45) is 5.92 Å². The van der Waals surface area contributed by atoms with E-state index in [1.165, 1.54) is 6.39 Å². The molecule has 1 aromatic rings. The maximum Gasteiger partial charge on any atom is 0.276 e. The number of hydrogen-bond donors (Lipinski definition) is 1. The molecule has 0 unspecified atom stereocenters. The molecule has 0 bridgehead atoms. The van der Waals surface area contributed by atoms with Crippen molar-refractivity contribution in [1.82, 2.24) is 20.1 Å². The molecule has 2 aliphatic heterocycles. The minimum absolute atomic E-state index is 0.0226. The van der Waals surface area contributed by atoms with E-state index < -0.39 is 0 Å².